The van der Waals surface area contributed by atoms with Crippen molar-refractivity contribution in [3.05, 3.63) is 34.2 Å². The lowest BCUT2D eigenvalue weighted by molar-refractivity contribution is 0.636. The van der Waals surface area contributed by atoms with Gasteiger partial charge >= 0.3 is 0 Å². The number of nitrogens with zero attached hydrogens (tertiary/aromatic N) is 2. The zero-order valence-electron chi connectivity index (χ0n) is 10.3. The molecule has 17 heavy (non-hydrogen) atoms. The lowest BCUT2D eigenvalue weighted by Gasteiger charge is -2.01. The Balaban J connectivity index is 2.05. The average molecular weight is 293 g/mol. The van der Waals surface area contributed by atoms with Gasteiger partial charge in [-0.2, -0.15) is 0 Å². The first-order valence-electron chi connectivity index (χ1n) is 6.31. The van der Waals surface area contributed by atoms with Gasteiger partial charge in [0.2, 0.25) is 0 Å². The van der Waals surface area contributed by atoms with Crippen LogP contribution in [0.1, 0.15) is 43.9 Å². The maximum atomic E-state index is 4.74. The van der Waals surface area contributed by atoms with Crippen LogP contribution in [0.5, 0.6) is 0 Å². The predicted octanol–water partition coefficient (Wildman–Crippen LogP) is 4.17. The van der Waals surface area contributed by atoms with E-state index in [1.54, 1.807) is 0 Å². The van der Waals surface area contributed by atoms with Crippen molar-refractivity contribution in [3.63, 3.8) is 0 Å². The fourth-order valence-electron chi connectivity index (χ4n) is 2.27. The van der Waals surface area contributed by atoms with Crippen molar-refractivity contribution >= 4 is 21.6 Å². The summed E-state index contributed by atoms with van der Waals surface area (Å²) in [7, 11) is 0. The molecule has 1 aliphatic carbocycles. The minimum absolute atomic E-state index is 0.638. The molecule has 2 heterocycles. The van der Waals surface area contributed by atoms with Crippen molar-refractivity contribution in [1.82, 2.24) is 9.38 Å². The minimum Gasteiger partial charge on any atom is -0.294 e. The standard InChI is InChI=1S/C14H17BrN2/c1-9(2)7-12-14(15)17-6-5-11(10-3-4-10)8-13(17)16-12/h5-6,8-10H,3-4,7H2,1-2H3. The Morgan fingerprint density at radius 1 is 1.47 bits per heavy atom. The van der Waals surface area contributed by atoms with Gasteiger partial charge in [-0.25, -0.2) is 4.98 Å². The molecular weight excluding hydrogens is 276 g/mol. The maximum Gasteiger partial charge on any atom is 0.138 e. The van der Waals surface area contributed by atoms with Crippen LogP contribution < -0.4 is 0 Å². The van der Waals surface area contributed by atoms with Gasteiger partial charge in [0.15, 0.2) is 0 Å². The largest absolute Gasteiger partial charge is 0.294 e. The molecule has 3 heteroatoms. The first-order valence-corrected chi connectivity index (χ1v) is 7.11. The highest BCUT2D eigenvalue weighted by molar-refractivity contribution is 9.10. The third kappa shape index (κ3) is 2.13. The van der Waals surface area contributed by atoms with E-state index >= 15 is 0 Å². The third-order valence-electron chi connectivity index (χ3n) is 3.31. The van der Waals surface area contributed by atoms with Crippen LogP contribution in [0.2, 0.25) is 0 Å². The number of rotatable bonds is 3. The normalized spacial score (nSPS) is 16.0. The van der Waals surface area contributed by atoms with E-state index in [0.717, 1.165) is 22.6 Å². The van der Waals surface area contributed by atoms with E-state index < -0.39 is 0 Å². The highest BCUT2D eigenvalue weighted by Crippen LogP contribution is 2.40. The Labute approximate surface area is 110 Å². The van der Waals surface area contributed by atoms with Gasteiger partial charge in [0.1, 0.15) is 10.3 Å². The fraction of sp³-hybridized carbons (Fsp3) is 0.500. The fourth-order valence-corrected chi connectivity index (χ4v) is 2.82. The third-order valence-corrected chi connectivity index (χ3v) is 4.15. The van der Waals surface area contributed by atoms with E-state index in [1.807, 2.05) is 0 Å². The predicted molar refractivity (Wildman–Crippen MR) is 73.4 cm³/mol. The lowest BCUT2D eigenvalue weighted by Crippen LogP contribution is -1.94. The summed E-state index contributed by atoms with van der Waals surface area (Å²) in [5, 5.41) is 0. The van der Waals surface area contributed by atoms with Gasteiger partial charge in [0, 0.05) is 6.20 Å². The summed E-state index contributed by atoms with van der Waals surface area (Å²) in [6, 6.07) is 4.47. The van der Waals surface area contributed by atoms with E-state index in [2.05, 4.69) is 52.5 Å². The summed E-state index contributed by atoms with van der Waals surface area (Å²) in [5.41, 5.74) is 3.70. The summed E-state index contributed by atoms with van der Waals surface area (Å²) in [6.45, 7) is 4.46. The topological polar surface area (TPSA) is 17.3 Å². The molecule has 0 unspecified atom stereocenters. The highest BCUT2D eigenvalue weighted by Gasteiger charge is 2.24. The minimum atomic E-state index is 0.638. The second-order valence-corrected chi connectivity index (χ2v) is 6.16. The smallest absolute Gasteiger partial charge is 0.138 e. The molecule has 0 aliphatic heterocycles. The Hall–Kier alpha value is -0.830. The van der Waals surface area contributed by atoms with Crippen molar-refractivity contribution in [1.29, 1.82) is 0 Å². The van der Waals surface area contributed by atoms with Crippen LogP contribution >= 0.6 is 15.9 Å². The second kappa shape index (κ2) is 4.13. The molecule has 0 bridgehead atoms. The quantitative estimate of drug-likeness (QED) is 0.830. The summed E-state index contributed by atoms with van der Waals surface area (Å²) < 4.78 is 3.26. The molecule has 0 amide bonds. The summed E-state index contributed by atoms with van der Waals surface area (Å²) in [4.78, 5) is 4.74. The summed E-state index contributed by atoms with van der Waals surface area (Å²) >= 11 is 3.66. The van der Waals surface area contributed by atoms with Gasteiger partial charge in [-0.1, -0.05) is 13.8 Å². The summed E-state index contributed by atoms with van der Waals surface area (Å²) in [5.74, 6) is 1.43. The Morgan fingerprint density at radius 2 is 2.24 bits per heavy atom. The number of halogens is 1. The van der Waals surface area contributed by atoms with Crippen molar-refractivity contribution in [2.45, 2.75) is 39.0 Å². The zero-order chi connectivity index (χ0) is 12.0. The van der Waals surface area contributed by atoms with E-state index in [1.165, 1.54) is 24.1 Å². The number of fused-ring (bicyclic) bond motifs is 1. The van der Waals surface area contributed by atoms with Crippen molar-refractivity contribution in [2.75, 3.05) is 0 Å². The Kier molecular flexibility index (Phi) is 2.74. The number of hydrogen-bond donors (Lipinski definition) is 0. The van der Waals surface area contributed by atoms with Crippen molar-refractivity contribution in [2.24, 2.45) is 5.92 Å². The van der Waals surface area contributed by atoms with Gasteiger partial charge in [-0.3, -0.25) is 4.40 Å². The van der Waals surface area contributed by atoms with Gasteiger partial charge in [-0.05, 0) is 64.7 Å². The molecule has 0 saturated heterocycles. The second-order valence-electron chi connectivity index (χ2n) is 5.41. The molecule has 0 atom stereocenters. The van der Waals surface area contributed by atoms with Crippen molar-refractivity contribution in [3.8, 4) is 0 Å². The average Bonchev–Trinajstić information content (AvgIpc) is 3.06. The molecule has 1 fully saturated rings. The van der Waals surface area contributed by atoms with E-state index in [0.29, 0.717) is 5.92 Å². The Morgan fingerprint density at radius 3 is 2.88 bits per heavy atom. The molecular formula is C14H17BrN2. The van der Waals surface area contributed by atoms with E-state index in [9.17, 15) is 0 Å². The van der Waals surface area contributed by atoms with Crippen LogP contribution in [0.15, 0.2) is 22.9 Å². The molecule has 2 aromatic rings. The molecule has 0 N–H and O–H groups in total. The zero-order valence-corrected chi connectivity index (χ0v) is 11.9. The number of hydrogen-bond acceptors (Lipinski definition) is 1. The molecule has 2 nitrogen and oxygen atoms in total. The first kappa shape index (κ1) is 11.3. The molecule has 0 radical (unpaired) electrons. The maximum absolute atomic E-state index is 4.74. The van der Waals surface area contributed by atoms with Gasteiger partial charge in [-0.15, -0.1) is 0 Å². The molecule has 0 spiro atoms. The number of aromatic nitrogens is 2. The van der Waals surface area contributed by atoms with Crippen LogP contribution in [0.25, 0.3) is 5.65 Å². The molecule has 1 saturated carbocycles. The highest BCUT2D eigenvalue weighted by atomic mass is 79.9. The molecule has 1 aliphatic rings. The Bertz CT molecular complexity index is 553. The number of imidazole rings is 1. The van der Waals surface area contributed by atoms with Gasteiger partial charge < -0.3 is 0 Å². The molecule has 0 aromatic carbocycles. The van der Waals surface area contributed by atoms with E-state index in [-0.39, 0.29) is 0 Å². The number of pyridine rings is 1. The van der Waals surface area contributed by atoms with E-state index in [4.69, 9.17) is 4.98 Å². The first-order chi connectivity index (χ1) is 8.15. The van der Waals surface area contributed by atoms with Gasteiger partial charge in [0.05, 0.1) is 5.69 Å². The van der Waals surface area contributed by atoms with Crippen LogP contribution in [0.4, 0.5) is 0 Å². The molecule has 2 aromatic heterocycles. The molecule has 3 rings (SSSR count). The monoisotopic (exact) mass is 292 g/mol. The van der Waals surface area contributed by atoms with Crippen LogP contribution in [0, 0.1) is 5.92 Å². The van der Waals surface area contributed by atoms with Gasteiger partial charge in [0.25, 0.3) is 0 Å². The van der Waals surface area contributed by atoms with Crippen LogP contribution in [0.3, 0.4) is 0 Å². The lowest BCUT2D eigenvalue weighted by atomic mass is 10.1. The van der Waals surface area contributed by atoms with Crippen LogP contribution in [-0.4, -0.2) is 9.38 Å². The SMILES string of the molecule is CC(C)Cc1nc2cc(C3CC3)ccn2c1Br. The molecule has 90 valence electrons. The van der Waals surface area contributed by atoms with Crippen molar-refractivity contribution < 1.29 is 0 Å². The summed E-state index contributed by atoms with van der Waals surface area (Å²) in [6.07, 6.45) is 5.86. The van der Waals surface area contributed by atoms with Crippen LogP contribution in [-0.2, 0) is 6.42 Å².